The zero-order valence-electron chi connectivity index (χ0n) is 16.9. The summed E-state index contributed by atoms with van der Waals surface area (Å²) in [7, 11) is 1.79. The van der Waals surface area contributed by atoms with Gasteiger partial charge in [0.2, 0.25) is 5.95 Å². The fourth-order valence-electron chi connectivity index (χ4n) is 4.48. The molecule has 5 rings (SSSR count). The SMILES string of the molecule is Cl.Cn1c(N2CCOC(C3Cc4ccccc4C3)C2)nc(-c2ccncc2)cc1=O. The zero-order chi connectivity index (χ0) is 19.8. The summed E-state index contributed by atoms with van der Waals surface area (Å²) in [4.78, 5) is 23.7. The number of rotatable bonds is 3. The van der Waals surface area contributed by atoms with Gasteiger partial charge in [-0.15, -0.1) is 12.4 Å². The molecular weight excluding hydrogens is 400 g/mol. The molecule has 0 saturated carbocycles. The molecule has 1 fully saturated rings. The van der Waals surface area contributed by atoms with Crippen molar-refractivity contribution >= 4 is 18.4 Å². The van der Waals surface area contributed by atoms with Crippen LogP contribution in [-0.4, -0.2) is 40.3 Å². The van der Waals surface area contributed by atoms with Crippen molar-refractivity contribution < 1.29 is 4.74 Å². The fourth-order valence-corrected chi connectivity index (χ4v) is 4.48. The fraction of sp³-hybridized carbons (Fsp3) is 0.348. The smallest absolute Gasteiger partial charge is 0.255 e. The molecule has 1 aliphatic heterocycles. The van der Waals surface area contributed by atoms with Gasteiger partial charge in [0.15, 0.2) is 0 Å². The van der Waals surface area contributed by atoms with Crippen LogP contribution in [0.4, 0.5) is 5.95 Å². The quantitative estimate of drug-likeness (QED) is 0.647. The molecule has 1 unspecified atom stereocenters. The molecule has 0 spiro atoms. The van der Waals surface area contributed by atoms with E-state index in [4.69, 9.17) is 9.72 Å². The van der Waals surface area contributed by atoms with E-state index in [1.807, 2.05) is 12.1 Å². The zero-order valence-corrected chi connectivity index (χ0v) is 17.7. The Balaban J connectivity index is 0.00000218. The summed E-state index contributed by atoms with van der Waals surface area (Å²) >= 11 is 0. The number of hydrogen-bond acceptors (Lipinski definition) is 5. The summed E-state index contributed by atoms with van der Waals surface area (Å²) in [6.07, 6.45) is 5.68. The van der Waals surface area contributed by atoms with Gasteiger partial charge in [0.25, 0.3) is 5.56 Å². The van der Waals surface area contributed by atoms with E-state index < -0.39 is 0 Å². The van der Waals surface area contributed by atoms with Gasteiger partial charge in [0, 0.05) is 44.2 Å². The second-order valence-electron chi connectivity index (χ2n) is 7.87. The Morgan fingerprint density at radius 1 is 1.07 bits per heavy atom. The Kier molecular flexibility index (Phi) is 5.88. The van der Waals surface area contributed by atoms with E-state index in [-0.39, 0.29) is 24.1 Å². The molecule has 30 heavy (non-hydrogen) atoms. The van der Waals surface area contributed by atoms with E-state index in [1.54, 1.807) is 30.1 Å². The molecule has 1 aromatic carbocycles. The van der Waals surface area contributed by atoms with Crippen LogP contribution < -0.4 is 10.5 Å². The Morgan fingerprint density at radius 2 is 1.77 bits per heavy atom. The number of halogens is 1. The average molecular weight is 425 g/mol. The molecule has 3 aromatic rings. The maximum Gasteiger partial charge on any atom is 0.255 e. The van der Waals surface area contributed by atoms with Gasteiger partial charge in [0.1, 0.15) is 0 Å². The van der Waals surface area contributed by atoms with Crippen LogP contribution in [0.5, 0.6) is 0 Å². The first kappa shape index (κ1) is 20.6. The third kappa shape index (κ3) is 3.85. The molecule has 0 amide bonds. The molecule has 0 N–H and O–H groups in total. The highest BCUT2D eigenvalue weighted by Crippen LogP contribution is 2.32. The summed E-state index contributed by atoms with van der Waals surface area (Å²) in [5, 5.41) is 0. The lowest BCUT2D eigenvalue weighted by molar-refractivity contribution is 0.00357. The highest BCUT2D eigenvalue weighted by atomic mass is 35.5. The predicted octanol–water partition coefficient (Wildman–Crippen LogP) is 2.88. The van der Waals surface area contributed by atoms with Crippen LogP contribution in [0.3, 0.4) is 0 Å². The summed E-state index contributed by atoms with van der Waals surface area (Å²) in [6.45, 7) is 2.13. The molecule has 156 valence electrons. The number of nitrogens with zero attached hydrogens (tertiary/aromatic N) is 4. The molecule has 2 aliphatic rings. The van der Waals surface area contributed by atoms with Gasteiger partial charge in [-0.3, -0.25) is 14.3 Å². The molecule has 6 nitrogen and oxygen atoms in total. The van der Waals surface area contributed by atoms with Gasteiger partial charge in [0.05, 0.1) is 18.4 Å². The van der Waals surface area contributed by atoms with Crippen molar-refractivity contribution in [2.45, 2.75) is 18.9 Å². The molecule has 1 saturated heterocycles. The van der Waals surface area contributed by atoms with Crippen LogP contribution in [0.25, 0.3) is 11.3 Å². The lowest BCUT2D eigenvalue weighted by Gasteiger charge is -2.37. The highest BCUT2D eigenvalue weighted by Gasteiger charge is 2.33. The van der Waals surface area contributed by atoms with Gasteiger partial charge in [-0.05, 0) is 42.0 Å². The normalized spacial score (nSPS) is 18.7. The van der Waals surface area contributed by atoms with Crippen molar-refractivity contribution in [1.82, 2.24) is 14.5 Å². The summed E-state index contributed by atoms with van der Waals surface area (Å²) in [5.74, 6) is 1.17. The highest BCUT2D eigenvalue weighted by molar-refractivity contribution is 5.85. The number of hydrogen-bond donors (Lipinski definition) is 0. The number of ether oxygens (including phenoxy) is 1. The summed E-state index contributed by atoms with van der Waals surface area (Å²) < 4.78 is 7.80. The van der Waals surface area contributed by atoms with E-state index in [0.717, 1.165) is 31.5 Å². The minimum Gasteiger partial charge on any atom is -0.374 e. The second kappa shape index (κ2) is 8.58. The van der Waals surface area contributed by atoms with E-state index in [9.17, 15) is 4.79 Å². The van der Waals surface area contributed by atoms with Crippen LogP contribution in [0.1, 0.15) is 11.1 Å². The maximum atomic E-state index is 12.6. The second-order valence-corrected chi connectivity index (χ2v) is 7.87. The number of benzene rings is 1. The topological polar surface area (TPSA) is 60.2 Å². The van der Waals surface area contributed by atoms with Crippen molar-refractivity contribution in [3.05, 3.63) is 76.3 Å². The van der Waals surface area contributed by atoms with E-state index in [2.05, 4.69) is 34.1 Å². The average Bonchev–Trinajstić information content (AvgIpc) is 3.21. The maximum absolute atomic E-state index is 12.6. The molecule has 3 heterocycles. The third-order valence-corrected chi connectivity index (χ3v) is 6.07. The third-order valence-electron chi connectivity index (χ3n) is 6.07. The van der Waals surface area contributed by atoms with Gasteiger partial charge in [-0.2, -0.15) is 0 Å². The number of pyridine rings is 1. The van der Waals surface area contributed by atoms with E-state index in [1.165, 1.54) is 11.1 Å². The predicted molar refractivity (Wildman–Crippen MR) is 119 cm³/mol. The lowest BCUT2D eigenvalue weighted by atomic mass is 9.97. The van der Waals surface area contributed by atoms with Crippen molar-refractivity contribution in [2.24, 2.45) is 13.0 Å². The molecule has 2 aromatic heterocycles. The molecule has 1 aliphatic carbocycles. The van der Waals surface area contributed by atoms with Gasteiger partial charge in [-0.25, -0.2) is 4.98 Å². The number of fused-ring (bicyclic) bond motifs is 1. The number of anilines is 1. The van der Waals surface area contributed by atoms with Crippen LogP contribution in [0.2, 0.25) is 0 Å². The first-order valence-electron chi connectivity index (χ1n) is 10.1. The van der Waals surface area contributed by atoms with Gasteiger partial charge >= 0.3 is 0 Å². The summed E-state index contributed by atoms with van der Waals surface area (Å²) in [6, 6.07) is 14.0. The number of morpholine rings is 1. The first-order valence-corrected chi connectivity index (χ1v) is 10.1. The monoisotopic (exact) mass is 424 g/mol. The Labute approximate surface area is 182 Å². The Morgan fingerprint density at radius 3 is 2.47 bits per heavy atom. The Bertz CT molecular complexity index is 1060. The van der Waals surface area contributed by atoms with Crippen LogP contribution in [0, 0.1) is 5.92 Å². The van der Waals surface area contributed by atoms with Crippen molar-refractivity contribution in [2.75, 3.05) is 24.6 Å². The molecule has 7 heteroatoms. The van der Waals surface area contributed by atoms with E-state index in [0.29, 0.717) is 24.2 Å². The van der Waals surface area contributed by atoms with Gasteiger partial charge < -0.3 is 9.64 Å². The first-order chi connectivity index (χ1) is 14.2. The molecular formula is C23H25ClN4O2. The summed E-state index contributed by atoms with van der Waals surface area (Å²) in [5.41, 5.74) is 4.39. The van der Waals surface area contributed by atoms with Crippen LogP contribution in [0.15, 0.2) is 59.7 Å². The van der Waals surface area contributed by atoms with Crippen LogP contribution in [-0.2, 0) is 24.6 Å². The molecule has 0 radical (unpaired) electrons. The van der Waals surface area contributed by atoms with Crippen molar-refractivity contribution in [1.29, 1.82) is 0 Å². The van der Waals surface area contributed by atoms with Crippen molar-refractivity contribution in [3.8, 4) is 11.3 Å². The minimum atomic E-state index is -0.0573. The Hall–Kier alpha value is -2.70. The number of aromatic nitrogens is 3. The van der Waals surface area contributed by atoms with Crippen LogP contribution >= 0.6 is 12.4 Å². The largest absolute Gasteiger partial charge is 0.374 e. The van der Waals surface area contributed by atoms with Crippen molar-refractivity contribution in [3.63, 3.8) is 0 Å². The van der Waals surface area contributed by atoms with E-state index >= 15 is 0 Å². The molecule has 1 atom stereocenters. The standard InChI is InChI=1S/C23H24N4O2.ClH/c1-26-22(28)14-20(16-6-8-24-9-7-16)25-23(26)27-10-11-29-21(15-27)19-12-17-4-2-3-5-18(17)13-19;/h2-9,14,19,21H,10-13,15H2,1H3;1H. The molecule has 0 bridgehead atoms. The minimum absolute atomic E-state index is 0. The van der Waals surface area contributed by atoms with Gasteiger partial charge in [-0.1, -0.05) is 24.3 Å². The lowest BCUT2D eigenvalue weighted by Crippen LogP contribution is -2.48.